The maximum Gasteiger partial charge on any atom is 0.126 e. The number of halogens is 1. The second kappa shape index (κ2) is 13.6. The van der Waals surface area contributed by atoms with Gasteiger partial charge >= 0.3 is 0 Å². The summed E-state index contributed by atoms with van der Waals surface area (Å²) in [5, 5.41) is 0. The molecular weight excluding hydrogens is 439 g/mol. The first-order valence-corrected chi connectivity index (χ1v) is 15.0. The predicted octanol–water partition coefficient (Wildman–Crippen LogP) is 10.4. The van der Waals surface area contributed by atoms with Gasteiger partial charge in [0, 0.05) is 0 Å². The Labute approximate surface area is 220 Å². The van der Waals surface area contributed by atoms with Crippen molar-refractivity contribution in [2.75, 3.05) is 0 Å². The Hall–Kier alpha value is -1.89. The molecule has 0 heterocycles. The molecule has 0 N–H and O–H groups in total. The third kappa shape index (κ3) is 7.56. The molecule has 2 saturated carbocycles. The zero-order valence-corrected chi connectivity index (χ0v) is 23.2. The van der Waals surface area contributed by atoms with Gasteiger partial charge < -0.3 is 0 Å². The van der Waals surface area contributed by atoms with Gasteiger partial charge in [-0.15, -0.1) is 0 Å². The molecule has 196 valence electrons. The molecule has 0 saturated heterocycles. The molecule has 0 amide bonds. The third-order valence-electron chi connectivity index (χ3n) is 9.62. The molecule has 2 fully saturated rings. The number of aryl methyl sites for hydroxylation is 2. The van der Waals surface area contributed by atoms with E-state index in [1.807, 2.05) is 13.0 Å². The van der Waals surface area contributed by atoms with Crippen molar-refractivity contribution in [2.45, 2.75) is 110 Å². The lowest BCUT2D eigenvalue weighted by molar-refractivity contribution is 0.139. The van der Waals surface area contributed by atoms with Crippen molar-refractivity contribution in [1.29, 1.82) is 0 Å². The Morgan fingerprint density at radius 2 is 1.50 bits per heavy atom. The Balaban J connectivity index is 1.17. The van der Waals surface area contributed by atoms with Gasteiger partial charge in [0.2, 0.25) is 0 Å². The highest BCUT2D eigenvalue weighted by atomic mass is 19.1. The SMILES string of the molecule is C/C=C/CCc1c(C)cc(CCC2CCC(C3CCC(C[C@@H](C)c4ccccc4)CC3)CC2)cc1F. The van der Waals surface area contributed by atoms with Crippen LogP contribution in [0.15, 0.2) is 54.6 Å². The van der Waals surface area contributed by atoms with Crippen LogP contribution in [0.5, 0.6) is 0 Å². The zero-order valence-electron chi connectivity index (χ0n) is 23.2. The maximum absolute atomic E-state index is 14.7. The van der Waals surface area contributed by atoms with Gasteiger partial charge in [0.15, 0.2) is 0 Å². The van der Waals surface area contributed by atoms with E-state index in [1.165, 1.54) is 75.3 Å². The Bertz CT molecular complexity index is 919. The average molecular weight is 489 g/mol. The Morgan fingerprint density at radius 3 is 2.11 bits per heavy atom. The molecule has 2 aliphatic rings. The van der Waals surface area contributed by atoms with Crippen molar-refractivity contribution in [2.24, 2.45) is 23.7 Å². The highest BCUT2D eigenvalue weighted by Crippen LogP contribution is 2.44. The minimum atomic E-state index is 0.00646. The first kappa shape index (κ1) is 27.2. The first-order valence-electron chi connectivity index (χ1n) is 15.0. The lowest BCUT2D eigenvalue weighted by Gasteiger charge is -2.38. The van der Waals surface area contributed by atoms with Crippen LogP contribution in [-0.4, -0.2) is 0 Å². The summed E-state index contributed by atoms with van der Waals surface area (Å²) >= 11 is 0. The van der Waals surface area contributed by atoms with E-state index < -0.39 is 0 Å². The van der Waals surface area contributed by atoms with E-state index in [-0.39, 0.29) is 5.82 Å². The summed E-state index contributed by atoms with van der Waals surface area (Å²) in [6.07, 6.45) is 21.0. The van der Waals surface area contributed by atoms with E-state index in [0.717, 1.165) is 54.1 Å². The first-order chi connectivity index (χ1) is 17.5. The second-order valence-corrected chi connectivity index (χ2v) is 12.1. The molecule has 1 heteroatoms. The molecule has 2 aromatic carbocycles. The fourth-order valence-electron chi connectivity index (χ4n) is 7.33. The lowest BCUT2D eigenvalue weighted by atomic mass is 9.67. The van der Waals surface area contributed by atoms with Gasteiger partial charge in [-0.2, -0.15) is 0 Å². The van der Waals surface area contributed by atoms with E-state index in [4.69, 9.17) is 0 Å². The minimum absolute atomic E-state index is 0.00646. The quantitative estimate of drug-likeness (QED) is 0.292. The van der Waals surface area contributed by atoms with Crippen LogP contribution < -0.4 is 0 Å². The van der Waals surface area contributed by atoms with E-state index in [1.54, 1.807) is 0 Å². The van der Waals surface area contributed by atoms with Crippen LogP contribution in [0.4, 0.5) is 4.39 Å². The topological polar surface area (TPSA) is 0 Å². The van der Waals surface area contributed by atoms with E-state index in [2.05, 4.69) is 62.4 Å². The van der Waals surface area contributed by atoms with Crippen molar-refractivity contribution >= 4 is 0 Å². The molecule has 0 radical (unpaired) electrons. The molecule has 2 aliphatic carbocycles. The molecule has 0 aliphatic heterocycles. The van der Waals surface area contributed by atoms with Gasteiger partial charge in [-0.05, 0) is 130 Å². The molecule has 1 atom stereocenters. The average Bonchev–Trinajstić information content (AvgIpc) is 2.90. The van der Waals surface area contributed by atoms with Gasteiger partial charge in [-0.1, -0.05) is 81.2 Å². The lowest BCUT2D eigenvalue weighted by Crippen LogP contribution is -2.26. The highest BCUT2D eigenvalue weighted by Gasteiger charge is 2.31. The Kier molecular flexibility index (Phi) is 10.3. The molecule has 0 bridgehead atoms. The summed E-state index contributed by atoms with van der Waals surface area (Å²) in [6, 6.07) is 15.2. The van der Waals surface area contributed by atoms with Crippen molar-refractivity contribution in [3.8, 4) is 0 Å². The van der Waals surface area contributed by atoms with Crippen LogP contribution in [0.2, 0.25) is 0 Å². The van der Waals surface area contributed by atoms with Crippen LogP contribution in [0.1, 0.15) is 113 Å². The molecular formula is C35H49F. The van der Waals surface area contributed by atoms with E-state index >= 15 is 0 Å². The predicted molar refractivity (Wildman–Crippen MR) is 153 cm³/mol. The van der Waals surface area contributed by atoms with Crippen molar-refractivity contribution in [3.63, 3.8) is 0 Å². The summed E-state index contributed by atoms with van der Waals surface area (Å²) in [5.74, 6) is 4.39. The normalized spacial score (nSPS) is 25.8. The molecule has 2 aromatic rings. The molecule has 0 aromatic heterocycles. The molecule has 0 nitrogen and oxygen atoms in total. The summed E-state index contributed by atoms with van der Waals surface area (Å²) in [6.45, 7) is 6.52. The number of rotatable bonds is 10. The van der Waals surface area contributed by atoms with Gasteiger partial charge in [-0.3, -0.25) is 0 Å². The Morgan fingerprint density at radius 1 is 0.861 bits per heavy atom. The fourth-order valence-corrected chi connectivity index (χ4v) is 7.33. The van der Waals surface area contributed by atoms with Crippen LogP contribution in [0, 0.1) is 36.4 Å². The molecule has 4 rings (SSSR count). The van der Waals surface area contributed by atoms with Crippen LogP contribution in [-0.2, 0) is 12.8 Å². The van der Waals surface area contributed by atoms with Gasteiger partial charge in [-0.25, -0.2) is 4.39 Å². The van der Waals surface area contributed by atoms with E-state index in [0.29, 0.717) is 5.92 Å². The summed E-state index contributed by atoms with van der Waals surface area (Å²) in [7, 11) is 0. The second-order valence-electron chi connectivity index (χ2n) is 12.1. The van der Waals surface area contributed by atoms with Crippen LogP contribution in [0.3, 0.4) is 0 Å². The fraction of sp³-hybridized carbons (Fsp3) is 0.600. The summed E-state index contributed by atoms with van der Waals surface area (Å²) in [4.78, 5) is 0. The smallest absolute Gasteiger partial charge is 0.126 e. The molecule has 36 heavy (non-hydrogen) atoms. The number of hydrogen-bond donors (Lipinski definition) is 0. The van der Waals surface area contributed by atoms with Crippen molar-refractivity contribution < 1.29 is 4.39 Å². The van der Waals surface area contributed by atoms with Gasteiger partial charge in [0.25, 0.3) is 0 Å². The van der Waals surface area contributed by atoms with Gasteiger partial charge in [0.05, 0.1) is 0 Å². The van der Waals surface area contributed by atoms with Crippen molar-refractivity contribution in [1.82, 2.24) is 0 Å². The largest absolute Gasteiger partial charge is 0.207 e. The molecule has 0 unspecified atom stereocenters. The van der Waals surface area contributed by atoms with Crippen molar-refractivity contribution in [3.05, 3.63) is 82.7 Å². The van der Waals surface area contributed by atoms with E-state index in [9.17, 15) is 4.39 Å². The van der Waals surface area contributed by atoms with Crippen LogP contribution >= 0.6 is 0 Å². The molecule has 0 spiro atoms. The minimum Gasteiger partial charge on any atom is -0.207 e. The summed E-state index contributed by atoms with van der Waals surface area (Å²) in [5.41, 5.74) is 4.75. The zero-order chi connectivity index (χ0) is 25.3. The number of hydrogen-bond acceptors (Lipinski definition) is 0. The van der Waals surface area contributed by atoms with Gasteiger partial charge in [0.1, 0.15) is 5.82 Å². The van der Waals surface area contributed by atoms with Crippen LogP contribution in [0.25, 0.3) is 0 Å². The highest BCUT2D eigenvalue weighted by molar-refractivity contribution is 5.33. The third-order valence-corrected chi connectivity index (χ3v) is 9.62. The number of allylic oxidation sites excluding steroid dienone is 2. The standard InChI is InChI=1S/C35H49F/c1-4-5-7-12-34-27(3)24-30(25-35(34)36)14-13-28-15-19-32(20-16-28)33-21-17-29(18-22-33)23-26(2)31-10-8-6-9-11-31/h4-6,8-11,24-26,28-29,32-33H,7,12-23H2,1-3H3/b5-4+/t26-,28?,29?,32?,33?/m1/s1. The maximum atomic E-state index is 14.7. The summed E-state index contributed by atoms with van der Waals surface area (Å²) < 4.78 is 14.7. The monoisotopic (exact) mass is 488 g/mol. The number of benzene rings is 2.